The number of thioether (sulfide) groups is 1. The number of carbonyl (C=O) groups excluding carboxylic acids is 3. The van der Waals surface area contributed by atoms with E-state index >= 15 is 0 Å². The summed E-state index contributed by atoms with van der Waals surface area (Å²) in [5.41, 5.74) is 1.97. The summed E-state index contributed by atoms with van der Waals surface area (Å²) in [6, 6.07) is 14.5. The third kappa shape index (κ3) is 5.17. The van der Waals surface area contributed by atoms with Crippen LogP contribution in [0.5, 0.6) is 0 Å². The largest absolute Gasteiger partial charge is 0.352 e. The predicted octanol–water partition coefficient (Wildman–Crippen LogP) is 3.54. The van der Waals surface area contributed by atoms with E-state index < -0.39 is 5.92 Å². The van der Waals surface area contributed by atoms with E-state index in [0.29, 0.717) is 24.3 Å². The average Bonchev–Trinajstić information content (AvgIpc) is 3.14. The minimum Gasteiger partial charge on any atom is -0.352 e. The molecular weight excluding hydrogens is 386 g/mol. The molecule has 1 unspecified atom stereocenters. The van der Waals surface area contributed by atoms with Crippen molar-refractivity contribution in [3.8, 4) is 0 Å². The van der Waals surface area contributed by atoms with Gasteiger partial charge in [-0.25, -0.2) is 0 Å². The first-order valence-corrected chi connectivity index (χ1v) is 10.9. The van der Waals surface area contributed by atoms with Crippen molar-refractivity contribution < 1.29 is 14.4 Å². The number of nitrogens with one attached hydrogen (secondary N) is 2. The molecule has 0 radical (unpaired) electrons. The van der Waals surface area contributed by atoms with E-state index in [4.69, 9.17) is 0 Å². The minimum absolute atomic E-state index is 0.0509. The smallest absolute Gasteiger partial charge is 0.251 e. The summed E-state index contributed by atoms with van der Waals surface area (Å²) in [5, 5.41) is 5.67. The Hall–Kier alpha value is -2.80. The third-order valence-corrected chi connectivity index (χ3v) is 5.57. The van der Waals surface area contributed by atoms with E-state index in [-0.39, 0.29) is 24.1 Å². The van der Waals surface area contributed by atoms with Crippen molar-refractivity contribution in [1.82, 2.24) is 5.32 Å². The molecule has 0 aromatic heterocycles. The van der Waals surface area contributed by atoms with Gasteiger partial charge in [-0.05, 0) is 61.2 Å². The van der Waals surface area contributed by atoms with E-state index in [1.807, 2.05) is 37.4 Å². The lowest BCUT2D eigenvalue weighted by Gasteiger charge is -2.17. The highest BCUT2D eigenvalue weighted by Gasteiger charge is 2.35. The van der Waals surface area contributed by atoms with Gasteiger partial charge in [0.05, 0.1) is 5.92 Å². The molecule has 0 spiro atoms. The third-order valence-electron chi connectivity index (χ3n) is 4.83. The van der Waals surface area contributed by atoms with Crippen LogP contribution in [0.25, 0.3) is 0 Å². The maximum Gasteiger partial charge on any atom is 0.251 e. The number of amides is 3. The predicted molar refractivity (Wildman–Crippen MR) is 116 cm³/mol. The molecule has 3 rings (SSSR count). The number of benzene rings is 2. The molecule has 0 saturated carbocycles. The molecule has 2 aromatic carbocycles. The standard InChI is InChI=1S/C22H25N3O3S/c1-3-12-23-21(27)15-4-6-17(7-5-15)24-22(28)16-13-20(26)25(14-16)18-8-10-19(29-2)11-9-18/h4-11,16H,3,12-14H2,1-2H3,(H,23,27)(H,24,28). The normalized spacial score (nSPS) is 16.0. The fourth-order valence-corrected chi connectivity index (χ4v) is 3.59. The summed E-state index contributed by atoms with van der Waals surface area (Å²) in [6.07, 6.45) is 3.06. The maximum atomic E-state index is 12.6. The Morgan fingerprint density at radius 3 is 2.41 bits per heavy atom. The molecule has 6 nitrogen and oxygen atoms in total. The quantitative estimate of drug-likeness (QED) is 0.683. The van der Waals surface area contributed by atoms with Gasteiger partial charge in [-0.2, -0.15) is 0 Å². The second-order valence-corrected chi connectivity index (χ2v) is 7.81. The van der Waals surface area contributed by atoms with Crippen LogP contribution in [-0.4, -0.2) is 37.1 Å². The Balaban J connectivity index is 1.59. The minimum atomic E-state index is -0.407. The van der Waals surface area contributed by atoms with E-state index in [9.17, 15) is 14.4 Å². The molecule has 1 heterocycles. The molecule has 1 aliphatic heterocycles. The van der Waals surface area contributed by atoms with Crippen LogP contribution >= 0.6 is 11.8 Å². The summed E-state index contributed by atoms with van der Waals surface area (Å²) >= 11 is 1.64. The van der Waals surface area contributed by atoms with Crippen molar-refractivity contribution in [2.45, 2.75) is 24.7 Å². The molecule has 2 N–H and O–H groups in total. The van der Waals surface area contributed by atoms with Crippen LogP contribution in [0, 0.1) is 5.92 Å². The first-order valence-electron chi connectivity index (χ1n) is 9.65. The fourth-order valence-electron chi connectivity index (χ4n) is 3.18. The maximum absolute atomic E-state index is 12.6. The Kier molecular flexibility index (Phi) is 6.93. The summed E-state index contributed by atoms with van der Waals surface area (Å²) < 4.78 is 0. The SMILES string of the molecule is CCCNC(=O)c1ccc(NC(=O)C2CC(=O)N(c3ccc(SC)cc3)C2)cc1. The van der Waals surface area contributed by atoms with Crippen molar-refractivity contribution in [2.24, 2.45) is 5.92 Å². The first kappa shape index (κ1) is 20.9. The summed E-state index contributed by atoms with van der Waals surface area (Å²) in [4.78, 5) is 39.8. The number of rotatable bonds is 7. The number of hydrogen-bond acceptors (Lipinski definition) is 4. The average molecular weight is 412 g/mol. The van der Waals surface area contributed by atoms with Crippen LogP contribution < -0.4 is 15.5 Å². The van der Waals surface area contributed by atoms with E-state index in [1.54, 1.807) is 40.9 Å². The Bertz CT molecular complexity index is 881. The number of hydrogen-bond donors (Lipinski definition) is 2. The monoisotopic (exact) mass is 411 g/mol. The molecule has 152 valence electrons. The van der Waals surface area contributed by atoms with Crippen molar-refractivity contribution in [2.75, 3.05) is 29.6 Å². The topological polar surface area (TPSA) is 78.5 Å². The fraction of sp³-hybridized carbons (Fsp3) is 0.318. The molecule has 1 saturated heterocycles. The van der Waals surface area contributed by atoms with Gasteiger partial charge in [-0.1, -0.05) is 6.92 Å². The molecule has 1 fully saturated rings. The van der Waals surface area contributed by atoms with Gasteiger partial charge >= 0.3 is 0 Å². The zero-order chi connectivity index (χ0) is 20.8. The van der Waals surface area contributed by atoms with Crippen LogP contribution in [0.4, 0.5) is 11.4 Å². The number of anilines is 2. The van der Waals surface area contributed by atoms with Crippen molar-refractivity contribution >= 4 is 40.9 Å². The van der Waals surface area contributed by atoms with E-state index in [1.165, 1.54) is 0 Å². The van der Waals surface area contributed by atoms with Crippen molar-refractivity contribution in [1.29, 1.82) is 0 Å². The molecule has 0 aliphatic carbocycles. The lowest BCUT2D eigenvalue weighted by molar-refractivity contribution is -0.122. The molecule has 3 amide bonds. The molecule has 1 aliphatic rings. The lowest BCUT2D eigenvalue weighted by Crippen LogP contribution is -2.28. The molecular formula is C22H25N3O3S. The van der Waals surface area contributed by atoms with E-state index in [0.717, 1.165) is 17.0 Å². The summed E-state index contributed by atoms with van der Waals surface area (Å²) in [7, 11) is 0. The van der Waals surface area contributed by atoms with Crippen LogP contribution in [0.1, 0.15) is 30.1 Å². The van der Waals surface area contributed by atoms with Crippen LogP contribution in [0.3, 0.4) is 0 Å². The van der Waals surface area contributed by atoms with Gasteiger partial charge in [-0.3, -0.25) is 14.4 Å². The Morgan fingerprint density at radius 2 is 1.79 bits per heavy atom. The molecule has 7 heteroatoms. The van der Waals surface area contributed by atoms with Gasteiger partial charge in [0.25, 0.3) is 5.91 Å². The zero-order valence-electron chi connectivity index (χ0n) is 16.6. The van der Waals surface area contributed by atoms with Gasteiger partial charge < -0.3 is 15.5 Å². The molecule has 0 bridgehead atoms. The molecule has 1 atom stereocenters. The number of carbonyl (C=O) groups is 3. The lowest BCUT2D eigenvalue weighted by atomic mass is 10.1. The van der Waals surface area contributed by atoms with E-state index in [2.05, 4.69) is 10.6 Å². The Morgan fingerprint density at radius 1 is 1.10 bits per heavy atom. The van der Waals surface area contributed by atoms with Crippen molar-refractivity contribution in [3.63, 3.8) is 0 Å². The van der Waals surface area contributed by atoms with Gasteiger partial charge in [0.1, 0.15) is 0 Å². The molecule has 29 heavy (non-hydrogen) atoms. The van der Waals surface area contributed by atoms with Crippen LogP contribution in [0.15, 0.2) is 53.4 Å². The van der Waals surface area contributed by atoms with Gasteiger partial charge in [-0.15, -0.1) is 11.8 Å². The summed E-state index contributed by atoms with van der Waals surface area (Å²) in [6.45, 7) is 2.98. The Labute approximate surface area is 175 Å². The second-order valence-electron chi connectivity index (χ2n) is 6.93. The highest BCUT2D eigenvalue weighted by atomic mass is 32.2. The first-order chi connectivity index (χ1) is 14.0. The van der Waals surface area contributed by atoms with Gasteiger partial charge in [0.15, 0.2) is 0 Å². The van der Waals surface area contributed by atoms with Crippen LogP contribution in [-0.2, 0) is 9.59 Å². The molecule has 2 aromatic rings. The highest BCUT2D eigenvalue weighted by Crippen LogP contribution is 2.27. The van der Waals surface area contributed by atoms with Crippen molar-refractivity contribution in [3.05, 3.63) is 54.1 Å². The van der Waals surface area contributed by atoms with Gasteiger partial charge in [0.2, 0.25) is 11.8 Å². The number of nitrogens with zero attached hydrogens (tertiary/aromatic N) is 1. The zero-order valence-corrected chi connectivity index (χ0v) is 17.4. The van der Waals surface area contributed by atoms with Crippen LogP contribution in [0.2, 0.25) is 0 Å². The summed E-state index contributed by atoms with van der Waals surface area (Å²) in [5.74, 6) is -0.778. The van der Waals surface area contributed by atoms with Gasteiger partial charge in [0, 0.05) is 41.3 Å². The second kappa shape index (κ2) is 9.60. The highest BCUT2D eigenvalue weighted by molar-refractivity contribution is 7.98.